The molecule has 6 rings (SSSR count). The van der Waals surface area contributed by atoms with Gasteiger partial charge in [0.1, 0.15) is 23.1 Å². The van der Waals surface area contributed by atoms with E-state index in [2.05, 4.69) is 65.6 Å². The van der Waals surface area contributed by atoms with Crippen molar-refractivity contribution in [1.82, 2.24) is 4.98 Å². The Balaban J connectivity index is 1.42. The third-order valence-corrected chi connectivity index (χ3v) is 6.41. The van der Waals surface area contributed by atoms with E-state index < -0.39 is 0 Å². The second-order valence-electron chi connectivity index (χ2n) is 8.51. The van der Waals surface area contributed by atoms with E-state index in [-0.39, 0.29) is 11.9 Å². The molecular formula is C30H23FN2O. The average molecular weight is 447 g/mol. The van der Waals surface area contributed by atoms with Crippen molar-refractivity contribution in [2.45, 2.75) is 18.9 Å². The van der Waals surface area contributed by atoms with Crippen LogP contribution in [0.25, 0.3) is 10.9 Å². The molecule has 166 valence electrons. The minimum Gasteiger partial charge on any atom is -0.457 e. The molecule has 0 fully saturated rings. The summed E-state index contributed by atoms with van der Waals surface area (Å²) in [4.78, 5) is 7.42. The standard InChI is InChI=1S/C30H23FN2O/c31-22-14-16-24(17-15-22)34-29-12-6-11-27-26(29)18-20-30(32-27)33(23-8-2-1-3-9-23)28-19-13-21-7-4-5-10-25(21)28/h1-12,14-18,20,28H,13,19H2. The van der Waals surface area contributed by atoms with Gasteiger partial charge in [-0.2, -0.15) is 0 Å². The number of halogens is 1. The highest BCUT2D eigenvalue weighted by Gasteiger charge is 2.30. The molecule has 4 heteroatoms. The van der Waals surface area contributed by atoms with Crippen LogP contribution in [0.2, 0.25) is 0 Å². The number of nitrogens with zero attached hydrogens (tertiary/aromatic N) is 2. The van der Waals surface area contributed by atoms with Gasteiger partial charge in [-0.25, -0.2) is 9.37 Å². The molecule has 1 aromatic heterocycles. The monoisotopic (exact) mass is 446 g/mol. The first-order valence-electron chi connectivity index (χ1n) is 11.5. The fourth-order valence-corrected chi connectivity index (χ4v) is 4.83. The largest absolute Gasteiger partial charge is 0.457 e. The van der Waals surface area contributed by atoms with Crippen LogP contribution in [-0.4, -0.2) is 4.98 Å². The van der Waals surface area contributed by atoms with Gasteiger partial charge >= 0.3 is 0 Å². The number of pyridine rings is 1. The predicted molar refractivity (Wildman–Crippen MR) is 134 cm³/mol. The maximum atomic E-state index is 13.3. The van der Waals surface area contributed by atoms with Gasteiger partial charge in [0.2, 0.25) is 0 Å². The lowest BCUT2D eigenvalue weighted by Gasteiger charge is -2.31. The van der Waals surface area contributed by atoms with Crippen molar-refractivity contribution in [1.29, 1.82) is 0 Å². The predicted octanol–water partition coefficient (Wildman–Crippen LogP) is 7.99. The van der Waals surface area contributed by atoms with Gasteiger partial charge in [-0.05, 0) is 84.6 Å². The summed E-state index contributed by atoms with van der Waals surface area (Å²) in [6.07, 6.45) is 2.11. The Hall–Kier alpha value is -4.18. The lowest BCUT2D eigenvalue weighted by Crippen LogP contribution is -2.23. The zero-order valence-electron chi connectivity index (χ0n) is 18.6. The highest BCUT2D eigenvalue weighted by atomic mass is 19.1. The Morgan fingerprint density at radius 1 is 0.765 bits per heavy atom. The van der Waals surface area contributed by atoms with Gasteiger partial charge in [-0.1, -0.05) is 48.5 Å². The molecule has 34 heavy (non-hydrogen) atoms. The van der Waals surface area contributed by atoms with Gasteiger partial charge in [-0.3, -0.25) is 0 Å². The molecule has 3 nitrogen and oxygen atoms in total. The molecule has 0 saturated heterocycles. The van der Waals surface area contributed by atoms with Gasteiger partial charge in [0.25, 0.3) is 0 Å². The van der Waals surface area contributed by atoms with E-state index in [1.54, 1.807) is 12.1 Å². The normalized spacial score (nSPS) is 14.7. The van der Waals surface area contributed by atoms with Gasteiger partial charge in [0.05, 0.1) is 11.6 Å². The van der Waals surface area contributed by atoms with Crippen LogP contribution in [0.4, 0.5) is 15.9 Å². The van der Waals surface area contributed by atoms with Crippen LogP contribution in [-0.2, 0) is 6.42 Å². The fraction of sp³-hybridized carbons (Fsp3) is 0.100. The molecule has 1 heterocycles. The van der Waals surface area contributed by atoms with E-state index in [4.69, 9.17) is 9.72 Å². The molecule has 0 aliphatic heterocycles. The van der Waals surface area contributed by atoms with Crippen LogP contribution in [0.3, 0.4) is 0 Å². The molecule has 0 spiro atoms. The SMILES string of the molecule is Fc1ccc(Oc2cccc3nc(N(c4ccccc4)C4CCc5ccccc54)ccc23)cc1. The molecule has 0 saturated carbocycles. The Bertz CT molecular complexity index is 1450. The Kier molecular flexibility index (Phi) is 5.19. The van der Waals surface area contributed by atoms with E-state index in [0.29, 0.717) is 11.5 Å². The van der Waals surface area contributed by atoms with Crippen molar-refractivity contribution >= 4 is 22.4 Å². The molecule has 1 unspecified atom stereocenters. The molecule has 0 amide bonds. The van der Waals surface area contributed by atoms with Gasteiger partial charge in [0.15, 0.2) is 0 Å². The molecule has 0 N–H and O–H groups in total. The highest BCUT2D eigenvalue weighted by Crippen LogP contribution is 2.43. The van der Waals surface area contributed by atoms with Crippen molar-refractivity contribution in [2.75, 3.05) is 4.90 Å². The first-order chi connectivity index (χ1) is 16.8. The average Bonchev–Trinajstić information content (AvgIpc) is 3.30. The topological polar surface area (TPSA) is 25.4 Å². The Morgan fingerprint density at radius 3 is 2.41 bits per heavy atom. The molecule has 4 aromatic carbocycles. The van der Waals surface area contributed by atoms with Crippen LogP contribution >= 0.6 is 0 Å². The Morgan fingerprint density at radius 2 is 1.56 bits per heavy atom. The number of ether oxygens (including phenoxy) is 1. The van der Waals surface area contributed by atoms with Crippen LogP contribution in [0, 0.1) is 5.82 Å². The zero-order chi connectivity index (χ0) is 22.9. The molecule has 5 aromatic rings. The second kappa shape index (κ2) is 8.64. The van der Waals surface area contributed by atoms with Crippen molar-refractivity contribution in [3.8, 4) is 11.5 Å². The lowest BCUT2D eigenvalue weighted by molar-refractivity contribution is 0.486. The Labute approximate surface area is 198 Å². The fourth-order valence-electron chi connectivity index (χ4n) is 4.83. The number of rotatable bonds is 5. The number of aryl methyl sites for hydroxylation is 1. The number of benzene rings is 4. The summed E-state index contributed by atoms with van der Waals surface area (Å²) < 4.78 is 19.3. The van der Waals surface area contributed by atoms with E-state index in [0.717, 1.165) is 35.2 Å². The summed E-state index contributed by atoms with van der Waals surface area (Å²) in [6, 6.07) is 35.4. The van der Waals surface area contributed by atoms with Gasteiger partial charge < -0.3 is 9.64 Å². The van der Waals surface area contributed by atoms with Crippen molar-refractivity contribution < 1.29 is 9.13 Å². The molecule has 1 atom stereocenters. The van der Waals surface area contributed by atoms with Crippen LogP contribution in [0.1, 0.15) is 23.6 Å². The van der Waals surface area contributed by atoms with Crippen LogP contribution in [0.15, 0.2) is 109 Å². The van der Waals surface area contributed by atoms with E-state index in [1.807, 2.05) is 24.3 Å². The number of hydrogen-bond donors (Lipinski definition) is 0. The first-order valence-corrected chi connectivity index (χ1v) is 11.5. The van der Waals surface area contributed by atoms with E-state index in [9.17, 15) is 4.39 Å². The molecule has 0 radical (unpaired) electrons. The maximum Gasteiger partial charge on any atom is 0.136 e. The summed E-state index contributed by atoms with van der Waals surface area (Å²) in [6.45, 7) is 0. The minimum absolute atomic E-state index is 0.224. The third kappa shape index (κ3) is 3.77. The summed E-state index contributed by atoms with van der Waals surface area (Å²) in [5.74, 6) is 1.90. The molecule has 0 bridgehead atoms. The summed E-state index contributed by atoms with van der Waals surface area (Å²) in [5.41, 5.74) is 4.74. The zero-order valence-corrected chi connectivity index (χ0v) is 18.6. The van der Waals surface area contributed by atoms with E-state index >= 15 is 0 Å². The van der Waals surface area contributed by atoms with Crippen molar-refractivity contribution in [2.24, 2.45) is 0 Å². The maximum absolute atomic E-state index is 13.3. The van der Waals surface area contributed by atoms with E-state index in [1.165, 1.54) is 23.3 Å². The van der Waals surface area contributed by atoms with Crippen LogP contribution in [0.5, 0.6) is 11.5 Å². The number of para-hydroxylation sites is 1. The third-order valence-electron chi connectivity index (χ3n) is 6.41. The van der Waals surface area contributed by atoms with Gasteiger partial charge in [-0.15, -0.1) is 0 Å². The van der Waals surface area contributed by atoms with Crippen molar-refractivity contribution in [3.63, 3.8) is 0 Å². The lowest BCUT2D eigenvalue weighted by atomic mass is 10.1. The number of hydrogen-bond acceptors (Lipinski definition) is 3. The smallest absolute Gasteiger partial charge is 0.136 e. The summed E-state index contributed by atoms with van der Waals surface area (Å²) in [7, 11) is 0. The molecular weight excluding hydrogens is 423 g/mol. The summed E-state index contributed by atoms with van der Waals surface area (Å²) >= 11 is 0. The van der Waals surface area contributed by atoms with Crippen molar-refractivity contribution in [3.05, 3.63) is 126 Å². The quantitative estimate of drug-likeness (QED) is 0.274. The minimum atomic E-state index is -0.286. The number of anilines is 2. The first kappa shape index (κ1) is 20.4. The molecule has 1 aliphatic rings. The molecule has 1 aliphatic carbocycles. The van der Waals surface area contributed by atoms with Crippen LogP contribution < -0.4 is 9.64 Å². The second-order valence-corrected chi connectivity index (χ2v) is 8.51. The summed E-state index contributed by atoms with van der Waals surface area (Å²) in [5, 5.41) is 0.912. The number of aromatic nitrogens is 1. The number of fused-ring (bicyclic) bond motifs is 2. The highest BCUT2D eigenvalue weighted by molar-refractivity contribution is 5.87. The van der Waals surface area contributed by atoms with Gasteiger partial charge in [0, 0.05) is 11.1 Å².